The molecule has 0 fully saturated rings. The quantitative estimate of drug-likeness (QED) is 0.383. The van der Waals surface area contributed by atoms with Gasteiger partial charge in [-0.1, -0.05) is 62.4 Å². The summed E-state index contributed by atoms with van der Waals surface area (Å²) in [5.41, 5.74) is 7.44. The number of hydrogen-bond acceptors (Lipinski definition) is 4. The molecular formula is C26H29N3O3S. The van der Waals surface area contributed by atoms with E-state index in [0.29, 0.717) is 17.2 Å². The monoisotopic (exact) mass is 463 g/mol. The highest BCUT2D eigenvalue weighted by atomic mass is 32.2. The van der Waals surface area contributed by atoms with Crippen LogP contribution in [-0.2, 0) is 16.6 Å². The van der Waals surface area contributed by atoms with Gasteiger partial charge in [0.1, 0.15) is 0 Å². The van der Waals surface area contributed by atoms with Crippen LogP contribution < -0.4 is 9.73 Å². The lowest BCUT2D eigenvalue weighted by Gasteiger charge is -2.23. The maximum atomic E-state index is 12.4. The smallest absolute Gasteiger partial charge is 0.267 e. The van der Waals surface area contributed by atoms with E-state index < -0.39 is 10.0 Å². The molecule has 0 bridgehead atoms. The Hall–Kier alpha value is -3.45. The number of carbonyl (C=O) groups is 1. The van der Waals surface area contributed by atoms with Crippen LogP contribution in [0.3, 0.4) is 0 Å². The molecule has 0 unspecified atom stereocenters. The number of sulfonamides is 1. The maximum Gasteiger partial charge on any atom is 0.271 e. The highest BCUT2D eigenvalue weighted by Crippen LogP contribution is 2.22. The van der Waals surface area contributed by atoms with Gasteiger partial charge >= 0.3 is 0 Å². The van der Waals surface area contributed by atoms with Crippen molar-refractivity contribution in [1.29, 1.82) is 0 Å². The van der Waals surface area contributed by atoms with Crippen molar-refractivity contribution in [2.45, 2.75) is 33.2 Å². The summed E-state index contributed by atoms with van der Waals surface area (Å²) in [4.78, 5) is 12.4. The summed E-state index contributed by atoms with van der Waals surface area (Å²) in [7, 11) is -3.51. The Balaban J connectivity index is 1.69. The van der Waals surface area contributed by atoms with Gasteiger partial charge in [-0.2, -0.15) is 5.10 Å². The molecule has 0 saturated heterocycles. The Kier molecular flexibility index (Phi) is 7.66. The molecule has 0 aromatic heterocycles. The zero-order valence-electron chi connectivity index (χ0n) is 19.3. The first-order valence-corrected chi connectivity index (χ1v) is 12.6. The minimum atomic E-state index is -3.51. The molecular weight excluding hydrogens is 434 g/mol. The Morgan fingerprint density at radius 3 is 2.21 bits per heavy atom. The van der Waals surface area contributed by atoms with Crippen molar-refractivity contribution in [3.63, 3.8) is 0 Å². The van der Waals surface area contributed by atoms with Crippen molar-refractivity contribution in [3.8, 4) is 0 Å². The summed E-state index contributed by atoms with van der Waals surface area (Å²) in [5, 5.41) is 4.02. The lowest BCUT2D eigenvalue weighted by molar-refractivity contribution is 0.0955. The van der Waals surface area contributed by atoms with Crippen LogP contribution in [0, 0.1) is 6.92 Å². The second-order valence-corrected chi connectivity index (χ2v) is 10.2. The molecule has 0 atom stereocenters. The van der Waals surface area contributed by atoms with Gasteiger partial charge in [0, 0.05) is 5.56 Å². The van der Waals surface area contributed by atoms with Gasteiger partial charge in [0.2, 0.25) is 10.0 Å². The third-order valence-electron chi connectivity index (χ3n) is 5.38. The van der Waals surface area contributed by atoms with Crippen LogP contribution in [0.5, 0.6) is 0 Å². The van der Waals surface area contributed by atoms with E-state index in [2.05, 4.69) is 24.4 Å². The fourth-order valence-electron chi connectivity index (χ4n) is 3.32. The maximum absolute atomic E-state index is 12.4. The van der Waals surface area contributed by atoms with E-state index in [9.17, 15) is 13.2 Å². The molecule has 0 radical (unpaired) electrons. The van der Waals surface area contributed by atoms with Gasteiger partial charge < -0.3 is 0 Å². The summed E-state index contributed by atoms with van der Waals surface area (Å²) in [6.45, 7) is 6.43. The average molecular weight is 464 g/mol. The molecule has 6 nitrogen and oxygen atoms in total. The van der Waals surface area contributed by atoms with E-state index in [1.54, 1.807) is 30.5 Å². The van der Waals surface area contributed by atoms with Crippen molar-refractivity contribution in [2.24, 2.45) is 5.10 Å². The summed E-state index contributed by atoms with van der Waals surface area (Å²) in [5.74, 6) is 0.0791. The highest BCUT2D eigenvalue weighted by molar-refractivity contribution is 7.92. The Bertz CT molecular complexity index is 1230. The molecule has 7 heteroatoms. The van der Waals surface area contributed by atoms with Gasteiger partial charge in [-0.05, 0) is 59.4 Å². The number of benzene rings is 3. The van der Waals surface area contributed by atoms with Crippen molar-refractivity contribution in [1.82, 2.24) is 5.43 Å². The van der Waals surface area contributed by atoms with Crippen LogP contribution in [0.1, 0.15) is 52.4 Å². The molecule has 3 aromatic carbocycles. The molecule has 3 aromatic rings. The van der Waals surface area contributed by atoms with Crippen LogP contribution in [0.25, 0.3) is 0 Å². The number of amides is 1. The van der Waals surface area contributed by atoms with Gasteiger partial charge in [-0.3, -0.25) is 9.10 Å². The summed E-state index contributed by atoms with van der Waals surface area (Å²) < 4.78 is 26.2. The van der Waals surface area contributed by atoms with Crippen LogP contribution in [0.4, 0.5) is 5.69 Å². The summed E-state index contributed by atoms with van der Waals surface area (Å²) >= 11 is 0. The fourth-order valence-corrected chi connectivity index (χ4v) is 4.20. The van der Waals surface area contributed by atoms with Crippen molar-refractivity contribution in [3.05, 3.63) is 101 Å². The topological polar surface area (TPSA) is 78.8 Å². The van der Waals surface area contributed by atoms with Crippen LogP contribution >= 0.6 is 0 Å². The Morgan fingerprint density at radius 2 is 1.64 bits per heavy atom. The lowest BCUT2D eigenvalue weighted by atomic mass is 10.0. The minimum absolute atomic E-state index is 0.219. The Morgan fingerprint density at radius 1 is 1.00 bits per heavy atom. The summed E-state index contributed by atoms with van der Waals surface area (Å²) in [6, 6.07) is 22.1. The van der Waals surface area contributed by atoms with E-state index in [1.807, 2.05) is 55.5 Å². The molecule has 0 heterocycles. The first-order chi connectivity index (χ1) is 15.6. The molecule has 0 aliphatic rings. The summed E-state index contributed by atoms with van der Waals surface area (Å²) in [6.07, 6.45) is 2.76. The van der Waals surface area contributed by atoms with Crippen molar-refractivity contribution in [2.75, 3.05) is 10.6 Å². The van der Waals surface area contributed by atoms with Crippen LogP contribution in [-0.4, -0.2) is 26.8 Å². The van der Waals surface area contributed by atoms with Crippen LogP contribution in [0.2, 0.25) is 0 Å². The molecule has 1 N–H and O–H groups in total. The van der Waals surface area contributed by atoms with E-state index >= 15 is 0 Å². The third-order valence-corrected chi connectivity index (χ3v) is 6.52. The standard InChI is InChI=1S/C26H29N3O3S/c1-19(2)22-11-9-21(10-12-22)17-27-28-26(30)23-13-15-25(16-14-23)29(33(4,31)32)18-24-8-6-5-7-20(24)3/h5-17,19H,18H2,1-4H3,(H,28,30)/b27-17-. The number of aryl methyl sites for hydroxylation is 1. The van der Waals surface area contributed by atoms with E-state index in [-0.39, 0.29) is 12.5 Å². The number of hydrogen-bond donors (Lipinski definition) is 1. The number of nitrogens with one attached hydrogen (secondary N) is 1. The number of hydrazone groups is 1. The molecule has 0 saturated carbocycles. The first kappa shape index (κ1) is 24.2. The predicted molar refractivity (Wildman–Crippen MR) is 134 cm³/mol. The largest absolute Gasteiger partial charge is 0.271 e. The zero-order valence-corrected chi connectivity index (χ0v) is 20.1. The number of nitrogens with zero attached hydrogens (tertiary/aromatic N) is 2. The molecule has 3 rings (SSSR count). The number of anilines is 1. The van der Waals surface area contributed by atoms with Gasteiger partial charge in [0.15, 0.2) is 0 Å². The zero-order chi connectivity index (χ0) is 24.0. The first-order valence-electron chi connectivity index (χ1n) is 10.7. The van der Waals surface area contributed by atoms with Crippen LogP contribution in [0.15, 0.2) is 77.9 Å². The third kappa shape index (κ3) is 6.52. The molecule has 0 spiro atoms. The van der Waals surface area contributed by atoms with E-state index in [1.165, 1.54) is 16.1 Å². The molecule has 0 aliphatic heterocycles. The normalized spacial score (nSPS) is 11.7. The highest BCUT2D eigenvalue weighted by Gasteiger charge is 2.19. The van der Waals surface area contributed by atoms with Crippen molar-refractivity contribution < 1.29 is 13.2 Å². The SMILES string of the molecule is Cc1ccccc1CN(c1ccc(C(=O)N/N=C\c2ccc(C(C)C)cc2)cc1)S(C)(=O)=O. The Labute approximate surface area is 196 Å². The average Bonchev–Trinajstić information content (AvgIpc) is 2.78. The minimum Gasteiger partial charge on any atom is -0.267 e. The molecule has 172 valence electrons. The number of carbonyl (C=O) groups excluding carboxylic acids is 1. The van der Waals surface area contributed by atoms with Gasteiger partial charge in [0.05, 0.1) is 24.7 Å². The van der Waals surface area contributed by atoms with Gasteiger partial charge in [-0.25, -0.2) is 13.8 Å². The molecule has 0 aliphatic carbocycles. The van der Waals surface area contributed by atoms with E-state index in [0.717, 1.165) is 16.7 Å². The van der Waals surface area contributed by atoms with Gasteiger partial charge in [0.25, 0.3) is 5.91 Å². The van der Waals surface area contributed by atoms with E-state index in [4.69, 9.17) is 0 Å². The van der Waals surface area contributed by atoms with Crippen molar-refractivity contribution >= 4 is 27.8 Å². The fraction of sp³-hybridized carbons (Fsp3) is 0.231. The predicted octanol–water partition coefficient (Wildman–Crippen LogP) is 4.85. The van der Waals surface area contributed by atoms with Gasteiger partial charge in [-0.15, -0.1) is 0 Å². The number of rotatable bonds is 8. The molecule has 1 amide bonds. The lowest BCUT2D eigenvalue weighted by Crippen LogP contribution is -2.29. The second kappa shape index (κ2) is 10.4. The second-order valence-electron chi connectivity index (χ2n) is 8.26. The molecule has 33 heavy (non-hydrogen) atoms.